The maximum Gasteiger partial charge on any atom is 0.125 e. The molecule has 94 valence electrons. The molecule has 1 aliphatic rings. The van der Waals surface area contributed by atoms with E-state index < -0.39 is 0 Å². The molecule has 3 heteroatoms. The summed E-state index contributed by atoms with van der Waals surface area (Å²) >= 11 is 0. The molecule has 3 nitrogen and oxygen atoms in total. The molecule has 2 rings (SSSR count). The standard InChI is InChI=1S/C14H22N2O/c1-2-8-15-14-6-5-13(10-16-14)11-17-9-7-12-3-4-12/h5-6,10,12H,2-4,7-9,11H2,1H3,(H,15,16). The molecule has 0 aromatic carbocycles. The molecule has 1 fully saturated rings. The predicted molar refractivity (Wildman–Crippen MR) is 70.0 cm³/mol. The van der Waals surface area contributed by atoms with Gasteiger partial charge in [0, 0.05) is 19.3 Å². The van der Waals surface area contributed by atoms with E-state index in [1.165, 1.54) is 19.3 Å². The largest absolute Gasteiger partial charge is 0.377 e. The number of rotatable bonds is 8. The maximum absolute atomic E-state index is 5.63. The first kappa shape index (κ1) is 12.4. The van der Waals surface area contributed by atoms with E-state index in [4.69, 9.17) is 4.74 Å². The molecule has 0 aliphatic heterocycles. The second-order valence-electron chi connectivity index (χ2n) is 4.76. The molecule has 0 amide bonds. The number of hydrogen-bond acceptors (Lipinski definition) is 3. The minimum Gasteiger partial charge on any atom is -0.377 e. The summed E-state index contributed by atoms with van der Waals surface area (Å²) in [6, 6.07) is 4.11. The van der Waals surface area contributed by atoms with E-state index in [9.17, 15) is 0 Å². The van der Waals surface area contributed by atoms with Crippen LogP contribution in [-0.2, 0) is 11.3 Å². The van der Waals surface area contributed by atoms with Gasteiger partial charge in [-0.05, 0) is 30.4 Å². The van der Waals surface area contributed by atoms with Gasteiger partial charge in [-0.3, -0.25) is 0 Å². The third-order valence-corrected chi connectivity index (χ3v) is 3.02. The minimum atomic E-state index is 0.688. The van der Waals surface area contributed by atoms with E-state index in [2.05, 4.69) is 23.3 Å². The summed E-state index contributed by atoms with van der Waals surface area (Å²) in [6.45, 7) is 4.70. The molecule has 0 atom stereocenters. The molecular formula is C14H22N2O. The number of nitrogens with one attached hydrogen (secondary N) is 1. The Morgan fingerprint density at radius 1 is 1.41 bits per heavy atom. The Kier molecular flexibility index (Phi) is 4.80. The van der Waals surface area contributed by atoms with E-state index in [0.717, 1.165) is 36.9 Å². The molecule has 0 spiro atoms. The Labute approximate surface area is 104 Å². The van der Waals surface area contributed by atoms with E-state index in [-0.39, 0.29) is 0 Å². The number of pyridine rings is 1. The lowest BCUT2D eigenvalue weighted by molar-refractivity contribution is 0.115. The lowest BCUT2D eigenvalue weighted by atomic mass is 10.3. The summed E-state index contributed by atoms with van der Waals surface area (Å²) in [6.07, 6.45) is 7.05. The average molecular weight is 234 g/mol. The second kappa shape index (κ2) is 6.60. The number of anilines is 1. The fraction of sp³-hybridized carbons (Fsp3) is 0.643. The third-order valence-electron chi connectivity index (χ3n) is 3.02. The zero-order valence-electron chi connectivity index (χ0n) is 10.6. The van der Waals surface area contributed by atoms with Crippen molar-refractivity contribution in [3.8, 4) is 0 Å². The summed E-state index contributed by atoms with van der Waals surface area (Å²) in [5, 5.41) is 3.26. The van der Waals surface area contributed by atoms with Crippen LogP contribution in [-0.4, -0.2) is 18.1 Å². The molecule has 1 aromatic rings. The van der Waals surface area contributed by atoms with Gasteiger partial charge in [-0.25, -0.2) is 4.98 Å². The van der Waals surface area contributed by atoms with Gasteiger partial charge in [-0.1, -0.05) is 25.8 Å². The predicted octanol–water partition coefficient (Wildman–Crippen LogP) is 3.22. The summed E-state index contributed by atoms with van der Waals surface area (Å²) in [4.78, 5) is 4.35. The highest BCUT2D eigenvalue weighted by Gasteiger charge is 2.20. The lowest BCUT2D eigenvalue weighted by Crippen LogP contribution is -2.02. The van der Waals surface area contributed by atoms with Gasteiger partial charge in [0.25, 0.3) is 0 Å². The first-order chi connectivity index (χ1) is 8.38. The van der Waals surface area contributed by atoms with Crippen LogP contribution in [0.5, 0.6) is 0 Å². The normalized spacial score (nSPS) is 14.9. The highest BCUT2D eigenvalue weighted by molar-refractivity contribution is 5.35. The number of aromatic nitrogens is 1. The fourth-order valence-electron chi connectivity index (χ4n) is 1.71. The molecule has 17 heavy (non-hydrogen) atoms. The molecule has 1 aromatic heterocycles. The van der Waals surface area contributed by atoms with Crippen LogP contribution in [0.2, 0.25) is 0 Å². The SMILES string of the molecule is CCCNc1ccc(COCCC2CC2)cn1. The highest BCUT2D eigenvalue weighted by atomic mass is 16.5. The van der Waals surface area contributed by atoms with Crippen molar-refractivity contribution in [2.24, 2.45) is 5.92 Å². The van der Waals surface area contributed by atoms with Gasteiger partial charge in [-0.2, -0.15) is 0 Å². The molecule has 1 N–H and O–H groups in total. The van der Waals surface area contributed by atoms with Crippen LogP contribution in [0.4, 0.5) is 5.82 Å². The van der Waals surface area contributed by atoms with Gasteiger partial charge in [0.05, 0.1) is 6.61 Å². The molecule has 1 heterocycles. The van der Waals surface area contributed by atoms with Gasteiger partial charge in [-0.15, -0.1) is 0 Å². The van der Waals surface area contributed by atoms with Crippen LogP contribution >= 0.6 is 0 Å². The van der Waals surface area contributed by atoms with Crippen molar-refractivity contribution in [1.82, 2.24) is 4.98 Å². The lowest BCUT2D eigenvalue weighted by Gasteiger charge is -2.06. The van der Waals surface area contributed by atoms with Crippen LogP contribution in [0.1, 0.15) is 38.2 Å². The van der Waals surface area contributed by atoms with Crippen molar-refractivity contribution < 1.29 is 4.74 Å². The molecule has 0 saturated heterocycles. The van der Waals surface area contributed by atoms with Crippen molar-refractivity contribution >= 4 is 5.82 Å². The van der Waals surface area contributed by atoms with Crippen molar-refractivity contribution in [3.05, 3.63) is 23.9 Å². The van der Waals surface area contributed by atoms with E-state index in [1.807, 2.05) is 12.3 Å². The second-order valence-corrected chi connectivity index (χ2v) is 4.76. The Bertz CT molecular complexity index is 319. The zero-order chi connectivity index (χ0) is 11.9. The first-order valence-electron chi connectivity index (χ1n) is 6.65. The molecule has 0 unspecified atom stereocenters. The summed E-state index contributed by atoms with van der Waals surface area (Å²) in [7, 11) is 0. The number of nitrogens with zero attached hydrogens (tertiary/aromatic N) is 1. The third kappa shape index (κ3) is 4.73. The van der Waals surface area contributed by atoms with Crippen LogP contribution in [0, 0.1) is 5.92 Å². The van der Waals surface area contributed by atoms with Crippen LogP contribution < -0.4 is 5.32 Å². The van der Waals surface area contributed by atoms with Crippen molar-refractivity contribution in [3.63, 3.8) is 0 Å². The summed E-state index contributed by atoms with van der Waals surface area (Å²) in [5.74, 6) is 1.90. The van der Waals surface area contributed by atoms with E-state index >= 15 is 0 Å². The summed E-state index contributed by atoms with van der Waals surface area (Å²) < 4.78 is 5.63. The Morgan fingerprint density at radius 3 is 2.94 bits per heavy atom. The van der Waals surface area contributed by atoms with Gasteiger partial charge < -0.3 is 10.1 Å². The van der Waals surface area contributed by atoms with Crippen LogP contribution in [0.15, 0.2) is 18.3 Å². The Balaban J connectivity index is 1.65. The topological polar surface area (TPSA) is 34.1 Å². The van der Waals surface area contributed by atoms with Crippen LogP contribution in [0.25, 0.3) is 0 Å². The smallest absolute Gasteiger partial charge is 0.125 e. The van der Waals surface area contributed by atoms with Crippen molar-refractivity contribution in [1.29, 1.82) is 0 Å². The fourth-order valence-corrected chi connectivity index (χ4v) is 1.71. The Hall–Kier alpha value is -1.09. The Morgan fingerprint density at radius 2 is 2.29 bits per heavy atom. The number of hydrogen-bond donors (Lipinski definition) is 1. The molecule has 1 aliphatic carbocycles. The molecular weight excluding hydrogens is 212 g/mol. The summed E-state index contributed by atoms with van der Waals surface area (Å²) in [5.41, 5.74) is 1.16. The van der Waals surface area contributed by atoms with Crippen molar-refractivity contribution in [2.45, 2.75) is 39.2 Å². The molecule has 0 bridgehead atoms. The van der Waals surface area contributed by atoms with Gasteiger partial charge in [0.2, 0.25) is 0 Å². The molecule has 1 saturated carbocycles. The highest BCUT2D eigenvalue weighted by Crippen LogP contribution is 2.32. The quantitative estimate of drug-likeness (QED) is 0.701. The van der Waals surface area contributed by atoms with Crippen molar-refractivity contribution in [2.75, 3.05) is 18.5 Å². The van der Waals surface area contributed by atoms with E-state index in [0.29, 0.717) is 6.61 Å². The van der Waals surface area contributed by atoms with Gasteiger partial charge in [0.15, 0.2) is 0 Å². The van der Waals surface area contributed by atoms with Gasteiger partial charge >= 0.3 is 0 Å². The maximum atomic E-state index is 5.63. The average Bonchev–Trinajstić information content (AvgIpc) is 3.18. The first-order valence-corrected chi connectivity index (χ1v) is 6.65. The zero-order valence-corrected chi connectivity index (χ0v) is 10.6. The molecule has 0 radical (unpaired) electrons. The monoisotopic (exact) mass is 234 g/mol. The van der Waals surface area contributed by atoms with Gasteiger partial charge in [0.1, 0.15) is 5.82 Å². The van der Waals surface area contributed by atoms with Crippen LogP contribution in [0.3, 0.4) is 0 Å². The minimum absolute atomic E-state index is 0.688. The van der Waals surface area contributed by atoms with E-state index in [1.54, 1.807) is 0 Å². The number of ether oxygens (including phenoxy) is 1.